The molecule has 0 aliphatic carbocycles. The summed E-state index contributed by atoms with van der Waals surface area (Å²) in [6.45, 7) is -0.416. The van der Waals surface area contributed by atoms with Crippen LogP contribution in [0.2, 0.25) is 0 Å². The largest absolute Gasteiger partial charge is 0.435 e. The van der Waals surface area contributed by atoms with Crippen LogP contribution in [0.4, 0.5) is 8.78 Å². The van der Waals surface area contributed by atoms with Gasteiger partial charge in [0.1, 0.15) is 11.9 Å². The van der Waals surface area contributed by atoms with Gasteiger partial charge in [-0.25, -0.2) is 5.43 Å². The number of carbonyl (C=O) groups is 1. The number of nitrogens with zero attached hydrogens (tertiary/aromatic N) is 3. The van der Waals surface area contributed by atoms with Crippen molar-refractivity contribution in [1.29, 1.82) is 0 Å². The van der Waals surface area contributed by atoms with Gasteiger partial charge in [-0.05, 0) is 43.6 Å². The molecule has 4 heterocycles. The van der Waals surface area contributed by atoms with Crippen molar-refractivity contribution in [2.24, 2.45) is 5.92 Å². The predicted octanol–water partition coefficient (Wildman–Crippen LogP) is 1.50. The third-order valence-electron chi connectivity index (χ3n) is 6.05. The molecule has 1 aromatic carbocycles. The third-order valence-corrected chi connectivity index (χ3v) is 6.05. The topological polar surface area (TPSA) is 105 Å². The van der Waals surface area contributed by atoms with Crippen LogP contribution in [0.1, 0.15) is 36.1 Å². The lowest BCUT2D eigenvalue weighted by Crippen LogP contribution is -2.53. The second kappa shape index (κ2) is 8.83. The van der Waals surface area contributed by atoms with Gasteiger partial charge in [-0.15, -0.1) is 10.2 Å². The number of benzene rings is 1. The lowest BCUT2D eigenvalue weighted by atomic mass is 9.92. The van der Waals surface area contributed by atoms with Gasteiger partial charge in [-0.3, -0.25) is 9.80 Å². The number of nitrogens with one attached hydrogen (secondary N) is 3. The molecule has 9 nitrogen and oxygen atoms in total. The number of rotatable bonds is 6. The first-order chi connectivity index (χ1) is 15.6. The lowest BCUT2D eigenvalue weighted by Gasteiger charge is -2.38. The van der Waals surface area contributed by atoms with E-state index in [9.17, 15) is 13.6 Å². The van der Waals surface area contributed by atoms with Crippen LogP contribution in [-0.4, -0.2) is 53.5 Å². The molecule has 0 spiro atoms. The van der Waals surface area contributed by atoms with Gasteiger partial charge in [0, 0.05) is 24.2 Å². The van der Waals surface area contributed by atoms with E-state index in [2.05, 4.69) is 31.0 Å². The smallest absolute Gasteiger partial charge is 0.387 e. The van der Waals surface area contributed by atoms with E-state index >= 15 is 0 Å². The Morgan fingerprint density at radius 3 is 2.72 bits per heavy atom. The molecule has 5 rings (SSSR count). The van der Waals surface area contributed by atoms with Gasteiger partial charge < -0.3 is 19.8 Å². The molecule has 1 amide bonds. The fourth-order valence-corrected chi connectivity index (χ4v) is 4.50. The third kappa shape index (κ3) is 4.30. The number of amides is 1. The Hall–Kier alpha value is -3.05. The number of allylic oxidation sites excluding steroid dienone is 1. The number of aromatic nitrogens is 2. The molecule has 2 fully saturated rings. The van der Waals surface area contributed by atoms with Crippen molar-refractivity contribution in [2.45, 2.75) is 38.0 Å². The number of fused-ring (bicyclic) bond motifs is 1. The Morgan fingerprint density at radius 1 is 1.19 bits per heavy atom. The normalized spacial score (nSPS) is 23.8. The fraction of sp³-hybridized carbons (Fsp3) is 0.476. The van der Waals surface area contributed by atoms with Crippen LogP contribution in [0.25, 0.3) is 0 Å². The van der Waals surface area contributed by atoms with Crippen molar-refractivity contribution in [1.82, 2.24) is 31.3 Å². The second-order valence-electron chi connectivity index (χ2n) is 8.12. The van der Waals surface area contributed by atoms with E-state index in [0.717, 1.165) is 37.2 Å². The summed E-state index contributed by atoms with van der Waals surface area (Å²) in [4.78, 5) is 12.4. The zero-order valence-electron chi connectivity index (χ0n) is 17.3. The van der Waals surface area contributed by atoms with E-state index in [1.807, 2.05) is 5.01 Å². The highest BCUT2D eigenvalue weighted by Gasteiger charge is 2.44. The molecule has 0 bridgehead atoms. The van der Waals surface area contributed by atoms with E-state index in [1.54, 1.807) is 18.2 Å². The number of piperidine rings is 1. The summed E-state index contributed by atoms with van der Waals surface area (Å²) in [6.07, 6.45) is 3.73. The highest BCUT2D eigenvalue weighted by Crippen LogP contribution is 2.34. The molecule has 3 aliphatic rings. The number of halogens is 2. The number of hydrazine groups is 1. The van der Waals surface area contributed by atoms with Gasteiger partial charge in [0.2, 0.25) is 17.7 Å². The first-order valence-electron chi connectivity index (χ1n) is 10.7. The SMILES string of the molecule is O=C1C=C(C2CCNCC2)N2NCC(c3nnc(Cc4ccc(OC(F)F)cc4)o3)C2N1. The average molecular weight is 446 g/mol. The molecule has 170 valence electrons. The van der Waals surface area contributed by atoms with Gasteiger partial charge in [-0.1, -0.05) is 12.1 Å². The van der Waals surface area contributed by atoms with E-state index in [4.69, 9.17) is 4.42 Å². The Balaban J connectivity index is 1.27. The van der Waals surface area contributed by atoms with E-state index in [1.165, 1.54) is 12.1 Å². The minimum Gasteiger partial charge on any atom is -0.435 e. The summed E-state index contributed by atoms with van der Waals surface area (Å²) in [6, 6.07) is 6.31. The molecule has 2 atom stereocenters. The van der Waals surface area contributed by atoms with Gasteiger partial charge in [0.05, 0.1) is 12.3 Å². The summed E-state index contributed by atoms with van der Waals surface area (Å²) in [5.41, 5.74) is 5.22. The molecular formula is C21H24F2N6O3. The molecule has 2 aromatic rings. The molecule has 32 heavy (non-hydrogen) atoms. The quantitative estimate of drug-likeness (QED) is 0.614. The van der Waals surface area contributed by atoms with Crippen LogP contribution < -0.4 is 20.8 Å². The van der Waals surface area contributed by atoms with Crippen molar-refractivity contribution in [3.05, 3.63) is 53.4 Å². The molecule has 3 aliphatic heterocycles. The molecule has 11 heteroatoms. The maximum Gasteiger partial charge on any atom is 0.387 e. The molecule has 3 N–H and O–H groups in total. The van der Waals surface area contributed by atoms with Crippen LogP contribution in [0, 0.1) is 5.92 Å². The molecule has 2 saturated heterocycles. The standard InChI is InChI=1S/C21H24F2N6O3/c22-21(23)31-14-3-1-12(2-4-14)9-18-27-28-20(32-18)15-11-25-29-16(10-17(30)26-19(15)29)13-5-7-24-8-6-13/h1-4,10,13,15,19,21,24-25H,5-9,11H2,(H,26,30). The summed E-state index contributed by atoms with van der Waals surface area (Å²) in [7, 11) is 0. The summed E-state index contributed by atoms with van der Waals surface area (Å²) < 4.78 is 34.9. The number of hydrogen-bond donors (Lipinski definition) is 3. The van der Waals surface area contributed by atoms with E-state index in [0.29, 0.717) is 30.7 Å². The first-order valence-corrected chi connectivity index (χ1v) is 10.7. The number of alkyl halides is 2. The first kappa shape index (κ1) is 20.8. The molecular weight excluding hydrogens is 422 g/mol. The fourth-order valence-electron chi connectivity index (χ4n) is 4.50. The van der Waals surface area contributed by atoms with Crippen LogP contribution in [0.3, 0.4) is 0 Å². The van der Waals surface area contributed by atoms with Crippen LogP contribution in [-0.2, 0) is 11.2 Å². The van der Waals surface area contributed by atoms with E-state index in [-0.39, 0.29) is 23.7 Å². The monoisotopic (exact) mass is 446 g/mol. The minimum atomic E-state index is -2.86. The van der Waals surface area contributed by atoms with Gasteiger partial charge in [-0.2, -0.15) is 8.78 Å². The summed E-state index contributed by atoms with van der Waals surface area (Å²) >= 11 is 0. The van der Waals surface area contributed by atoms with Gasteiger partial charge >= 0.3 is 6.61 Å². The number of hydrogen-bond acceptors (Lipinski definition) is 8. The Labute approximate surface area is 183 Å². The Morgan fingerprint density at radius 2 is 1.97 bits per heavy atom. The predicted molar refractivity (Wildman–Crippen MR) is 108 cm³/mol. The zero-order chi connectivity index (χ0) is 22.1. The molecule has 1 aromatic heterocycles. The number of carbonyl (C=O) groups excluding carboxylic acids is 1. The van der Waals surface area contributed by atoms with Gasteiger partial charge in [0.15, 0.2) is 0 Å². The molecule has 2 unspecified atom stereocenters. The minimum absolute atomic E-state index is 0.0951. The van der Waals surface area contributed by atoms with Crippen molar-refractivity contribution < 1.29 is 22.7 Å². The average Bonchev–Trinajstić information content (AvgIpc) is 3.41. The second-order valence-corrected chi connectivity index (χ2v) is 8.12. The van der Waals surface area contributed by atoms with Crippen LogP contribution in [0.5, 0.6) is 5.75 Å². The lowest BCUT2D eigenvalue weighted by molar-refractivity contribution is -0.119. The Bertz CT molecular complexity index is 990. The van der Waals surface area contributed by atoms with Crippen molar-refractivity contribution in [3.63, 3.8) is 0 Å². The zero-order valence-corrected chi connectivity index (χ0v) is 17.3. The molecule has 0 radical (unpaired) electrons. The maximum absolute atomic E-state index is 12.4. The van der Waals surface area contributed by atoms with Crippen molar-refractivity contribution in [3.8, 4) is 5.75 Å². The van der Waals surface area contributed by atoms with Crippen molar-refractivity contribution in [2.75, 3.05) is 19.6 Å². The summed E-state index contributed by atoms with van der Waals surface area (Å²) in [5.74, 6) is 0.984. The van der Waals surface area contributed by atoms with Gasteiger partial charge in [0.25, 0.3) is 0 Å². The van der Waals surface area contributed by atoms with Crippen LogP contribution in [0.15, 0.2) is 40.5 Å². The van der Waals surface area contributed by atoms with Crippen molar-refractivity contribution >= 4 is 5.91 Å². The molecule has 0 saturated carbocycles. The highest BCUT2D eigenvalue weighted by atomic mass is 19.3. The summed E-state index contributed by atoms with van der Waals surface area (Å²) in [5, 5.41) is 16.8. The Kier molecular flexibility index (Phi) is 5.75. The van der Waals surface area contributed by atoms with E-state index < -0.39 is 6.61 Å². The van der Waals surface area contributed by atoms with Crippen LogP contribution >= 0.6 is 0 Å². The number of ether oxygens (including phenoxy) is 1. The highest BCUT2D eigenvalue weighted by molar-refractivity contribution is 5.89. The maximum atomic E-state index is 12.4.